The van der Waals surface area contributed by atoms with Gasteiger partial charge in [-0.3, -0.25) is 4.98 Å². The number of nitrogens with zero attached hydrogens (tertiary/aromatic N) is 2. The zero-order valence-electron chi connectivity index (χ0n) is 14.1. The van der Waals surface area contributed by atoms with Gasteiger partial charge in [-0.05, 0) is 61.1 Å². The van der Waals surface area contributed by atoms with Crippen molar-refractivity contribution in [2.45, 2.75) is 25.4 Å². The lowest BCUT2D eigenvalue weighted by Gasteiger charge is -2.19. The topological polar surface area (TPSA) is 45.6 Å². The summed E-state index contributed by atoms with van der Waals surface area (Å²) in [4.78, 5) is 6.77. The third-order valence-corrected chi connectivity index (χ3v) is 5.39. The molecule has 4 nitrogen and oxygen atoms in total. The lowest BCUT2D eigenvalue weighted by Crippen LogP contribution is -2.26. The third-order valence-electron chi connectivity index (χ3n) is 5.39. The van der Waals surface area contributed by atoms with E-state index in [0.717, 1.165) is 50.3 Å². The molecule has 2 heterocycles. The highest BCUT2D eigenvalue weighted by Crippen LogP contribution is 2.39. The third kappa shape index (κ3) is 3.93. The first kappa shape index (κ1) is 16.3. The first-order chi connectivity index (χ1) is 12.2. The van der Waals surface area contributed by atoms with Crippen LogP contribution < -0.4 is 4.74 Å². The lowest BCUT2D eigenvalue weighted by atomic mass is 10.0. The molecule has 1 saturated heterocycles. The Kier molecular flexibility index (Phi) is 4.57. The Morgan fingerprint density at radius 1 is 1.08 bits per heavy atom. The minimum absolute atomic E-state index is 0.214. The monoisotopic (exact) mass is 342 g/mol. The number of fused-ring (bicyclic) bond motifs is 1. The fourth-order valence-electron chi connectivity index (χ4n) is 4.16. The Balaban J connectivity index is 1.24. The Morgan fingerprint density at radius 2 is 1.80 bits per heavy atom. The summed E-state index contributed by atoms with van der Waals surface area (Å²) in [5, 5.41) is 9.29. The zero-order valence-corrected chi connectivity index (χ0v) is 14.1. The van der Waals surface area contributed by atoms with E-state index in [-0.39, 0.29) is 17.7 Å². The van der Waals surface area contributed by atoms with Crippen molar-refractivity contribution >= 4 is 0 Å². The van der Waals surface area contributed by atoms with E-state index in [1.54, 1.807) is 18.2 Å². The van der Waals surface area contributed by atoms with Crippen LogP contribution in [0, 0.1) is 17.7 Å². The molecular weight excluding hydrogens is 319 g/mol. The Morgan fingerprint density at radius 3 is 2.44 bits per heavy atom. The maximum atomic E-state index is 13.0. The highest BCUT2D eigenvalue weighted by Gasteiger charge is 2.41. The van der Waals surface area contributed by atoms with Crippen LogP contribution in [0.3, 0.4) is 0 Å². The van der Waals surface area contributed by atoms with Crippen LogP contribution in [0.15, 0.2) is 42.6 Å². The lowest BCUT2D eigenvalue weighted by molar-refractivity contribution is 0.186. The molecule has 132 valence electrons. The Labute approximate surface area is 147 Å². The van der Waals surface area contributed by atoms with Gasteiger partial charge in [-0.2, -0.15) is 0 Å². The number of hydrogen-bond donors (Lipinski definition) is 1. The molecule has 3 atom stereocenters. The second-order valence-electron chi connectivity index (χ2n) is 7.20. The molecule has 1 unspecified atom stereocenters. The molecule has 1 aromatic carbocycles. The molecule has 1 aliphatic heterocycles. The summed E-state index contributed by atoms with van der Waals surface area (Å²) < 4.78 is 19.0. The van der Waals surface area contributed by atoms with E-state index in [1.165, 1.54) is 18.3 Å². The molecule has 0 amide bonds. The van der Waals surface area contributed by atoms with Gasteiger partial charge >= 0.3 is 0 Å². The molecule has 25 heavy (non-hydrogen) atoms. The summed E-state index contributed by atoms with van der Waals surface area (Å²) in [6.45, 7) is 3.24. The number of ether oxygens (including phenoxy) is 1. The second-order valence-corrected chi connectivity index (χ2v) is 7.20. The molecule has 2 aliphatic rings. The van der Waals surface area contributed by atoms with Crippen LogP contribution in [0.2, 0.25) is 0 Å². The summed E-state index contributed by atoms with van der Waals surface area (Å²) in [5.41, 5.74) is 1.02. The average molecular weight is 342 g/mol. The highest BCUT2D eigenvalue weighted by molar-refractivity contribution is 5.22. The number of aromatic nitrogens is 1. The predicted octanol–water partition coefficient (Wildman–Crippen LogP) is 3.26. The van der Waals surface area contributed by atoms with Crippen molar-refractivity contribution < 1.29 is 14.2 Å². The number of likely N-dealkylation sites (tertiary alicyclic amines) is 1. The van der Waals surface area contributed by atoms with Crippen molar-refractivity contribution in [1.29, 1.82) is 0 Å². The number of pyridine rings is 1. The number of halogens is 1. The fraction of sp³-hybridized carbons (Fsp3) is 0.450. The molecule has 1 N–H and O–H groups in total. The summed E-state index contributed by atoms with van der Waals surface area (Å²) >= 11 is 0. The van der Waals surface area contributed by atoms with Gasteiger partial charge in [-0.25, -0.2) is 4.39 Å². The van der Waals surface area contributed by atoms with Crippen LogP contribution in [0.4, 0.5) is 4.39 Å². The fourth-order valence-corrected chi connectivity index (χ4v) is 4.16. The number of aromatic hydroxyl groups is 1. The van der Waals surface area contributed by atoms with Crippen molar-refractivity contribution in [3.8, 4) is 11.5 Å². The smallest absolute Gasteiger partial charge is 0.133 e. The molecule has 2 aromatic rings. The molecule has 1 aliphatic carbocycles. The van der Waals surface area contributed by atoms with E-state index < -0.39 is 0 Å². The van der Waals surface area contributed by atoms with E-state index in [9.17, 15) is 9.50 Å². The number of rotatable bonds is 5. The first-order valence-electron chi connectivity index (χ1n) is 8.94. The molecule has 2 fully saturated rings. The van der Waals surface area contributed by atoms with Crippen LogP contribution in [0.25, 0.3) is 0 Å². The SMILES string of the molecule is Oc1ccc(CCN2C[C@H]3CC(Oc4ccc(F)cc4)C[C@H]3C2)nc1. The summed E-state index contributed by atoms with van der Waals surface area (Å²) in [5.74, 6) is 2.14. The van der Waals surface area contributed by atoms with Gasteiger partial charge in [-0.1, -0.05) is 0 Å². The molecule has 5 heteroatoms. The molecule has 1 aromatic heterocycles. The second kappa shape index (κ2) is 7.00. The normalized spacial score (nSPS) is 25.9. The first-order valence-corrected chi connectivity index (χ1v) is 8.94. The largest absolute Gasteiger partial charge is 0.506 e. The average Bonchev–Trinajstić information content (AvgIpc) is 3.14. The Hall–Kier alpha value is -2.14. The summed E-state index contributed by atoms with van der Waals surface area (Å²) in [7, 11) is 0. The van der Waals surface area contributed by atoms with Crippen molar-refractivity contribution in [3.05, 3.63) is 54.1 Å². The standard InChI is InChI=1S/C20H23FN2O2/c21-16-1-5-19(6-2-16)25-20-9-14-12-23(13-15(14)10-20)8-7-17-3-4-18(24)11-22-17/h1-6,11,14-15,20,24H,7-10,12-13H2/t14-,15+,20?. The zero-order chi connectivity index (χ0) is 17.2. The van der Waals surface area contributed by atoms with Gasteiger partial charge in [0.1, 0.15) is 17.3 Å². The van der Waals surface area contributed by atoms with Gasteiger partial charge in [0.25, 0.3) is 0 Å². The van der Waals surface area contributed by atoms with E-state index in [0.29, 0.717) is 11.8 Å². The van der Waals surface area contributed by atoms with Crippen LogP contribution in [0.1, 0.15) is 18.5 Å². The van der Waals surface area contributed by atoms with Gasteiger partial charge in [0.05, 0.1) is 12.3 Å². The van der Waals surface area contributed by atoms with Gasteiger partial charge in [0, 0.05) is 31.7 Å². The molecule has 1 saturated carbocycles. The Bertz CT molecular complexity index is 691. The van der Waals surface area contributed by atoms with E-state index in [4.69, 9.17) is 4.74 Å². The maximum absolute atomic E-state index is 13.0. The van der Waals surface area contributed by atoms with Crippen LogP contribution in [0.5, 0.6) is 11.5 Å². The van der Waals surface area contributed by atoms with Gasteiger partial charge in [-0.15, -0.1) is 0 Å². The van der Waals surface area contributed by atoms with Gasteiger partial charge in [0.2, 0.25) is 0 Å². The quantitative estimate of drug-likeness (QED) is 0.906. The summed E-state index contributed by atoms with van der Waals surface area (Å²) in [6.07, 6.45) is 4.83. The van der Waals surface area contributed by atoms with Crippen molar-refractivity contribution in [2.24, 2.45) is 11.8 Å². The van der Waals surface area contributed by atoms with E-state index >= 15 is 0 Å². The van der Waals surface area contributed by atoms with Crippen molar-refractivity contribution in [2.75, 3.05) is 19.6 Å². The predicted molar refractivity (Wildman–Crippen MR) is 93.1 cm³/mol. The van der Waals surface area contributed by atoms with Crippen LogP contribution >= 0.6 is 0 Å². The number of hydrogen-bond acceptors (Lipinski definition) is 4. The summed E-state index contributed by atoms with van der Waals surface area (Å²) in [6, 6.07) is 9.90. The molecule has 0 bridgehead atoms. The van der Waals surface area contributed by atoms with Crippen LogP contribution in [-0.2, 0) is 6.42 Å². The minimum atomic E-state index is -0.227. The maximum Gasteiger partial charge on any atom is 0.133 e. The minimum Gasteiger partial charge on any atom is -0.506 e. The van der Waals surface area contributed by atoms with Gasteiger partial charge < -0.3 is 14.7 Å². The number of benzene rings is 1. The molecular formula is C20H23FN2O2. The van der Waals surface area contributed by atoms with Crippen molar-refractivity contribution in [3.63, 3.8) is 0 Å². The van der Waals surface area contributed by atoms with Crippen molar-refractivity contribution in [1.82, 2.24) is 9.88 Å². The van der Waals surface area contributed by atoms with E-state index in [1.807, 2.05) is 6.07 Å². The van der Waals surface area contributed by atoms with Crippen LogP contribution in [-0.4, -0.2) is 40.7 Å². The van der Waals surface area contributed by atoms with E-state index in [2.05, 4.69) is 9.88 Å². The molecule has 0 radical (unpaired) electrons. The van der Waals surface area contributed by atoms with Gasteiger partial charge in [0.15, 0.2) is 0 Å². The molecule has 4 rings (SSSR count). The highest BCUT2D eigenvalue weighted by atomic mass is 19.1. The molecule has 0 spiro atoms.